The zero-order valence-corrected chi connectivity index (χ0v) is 14.8. The number of nitrogens with one attached hydrogen (secondary N) is 2. The fourth-order valence-corrected chi connectivity index (χ4v) is 3.96. The maximum atomic E-state index is 5.47. The molecule has 0 bridgehead atoms. The van der Waals surface area contributed by atoms with Crippen molar-refractivity contribution >= 4 is 10.9 Å². The van der Waals surface area contributed by atoms with Gasteiger partial charge in [-0.05, 0) is 67.6 Å². The molecule has 1 aliphatic heterocycles. The zero-order valence-electron chi connectivity index (χ0n) is 14.8. The Hall–Kier alpha value is -2.26. The van der Waals surface area contributed by atoms with Crippen molar-refractivity contribution in [3.8, 4) is 5.75 Å². The van der Waals surface area contributed by atoms with Gasteiger partial charge >= 0.3 is 0 Å². The Labute approximate surface area is 143 Å². The van der Waals surface area contributed by atoms with Gasteiger partial charge < -0.3 is 15.0 Å². The van der Waals surface area contributed by atoms with Crippen molar-refractivity contribution < 1.29 is 4.74 Å². The molecule has 4 rings (SSSR count). The first-order chi connectivity index (χ1) is 11.6. The summed E-state index contributed by atoms with van der Waals surface area (Å²) in [4.78, 5) is 3.67. The lowest BCUT2D eigenvalue weighted by Crippen LogP contribution is -2.31. The van der Waals surface area contributed by atoms with Crippen molar-refractivity contribution in [3.05, 3.63) is 63.8 Å². The zero-order chi connectivity index (χ0) is 16.8. The Bertz CT molecular complexity index is 923. The van der Waals surface area contributed by atoms with Crippen molar-refractivity contribution in [2.45, 2.75) is 33.2 Å². The first-order valence-electron chi connectivity index (χ1n) is 8.58. The van der Waals surface area contributed by atoms with Crippen LogP contribution >= 0.6 is 0 Å². The molecule has 0 fully saturated rings. The second kappa shape index (κ2) is 5.67. The highest BCUT2D eigenvalue weighted by Gasteiger charge is 2.27. The number of benzene rings is 2. The summed E-state index contributed by atoms with van der Waals surface area (Å²) in [6.07, 6.45) is 1.07. The van der Waals surface area contributed by atoms with E-state index >= 15 is 0 Å². The van der Waals surface area contributed by atoms with Gasteiger partial charge in [0, 0.05) is 23.1 Å². The van der Waals surface area contributed by atoms with Gasteiger partial charge in [0.05, 0.1) is 13.2 Å². The molecule has 1 aromatic heterocycles. The minimum absolute atomic E-state index is 0.214. The summed E-state index contributed by atoms with van der Waals surface area (Å²) in [5.41, 5.74) is 9.18. The van der Waals surface area contributed by atoms with Crippen LogP contribution in [0, 0.1) is 20.8 Å². The molecule has 1 aliphatic rings. The highest BCUT2D eigenvalue weighted by Crippen LogP contribution is 2.37. The average molecular weight is 320 g/mol. The molecule has 0 aliphatic carbocycles. The van der Waals surface area contributed by atoms with Crippen LogP contribution in [0.1, 0.15) is 39.6 Å². The van der Waals surface area contributed by atoms with Crippen LogP contribution < -0.4 is 10.1 Å². The number of aryl methyl sites for hydroxylation is 1. The van der Waals surface area contributed by atoms with Gasteiger partial charge in [-0.3, -0.25) is 0 Å². The van der Waals surface area contributed by atoms with Crippen LogP contribution in [0.15, 0.2) is 30.3 Å². The van der Waals surface area contributed by atoms with Crippen LogP contribution in [0.25, 0.3) is 10.9 Å². The Morgan fingerprint density at radius 1 is 1.04 bits per heavy atom. The molecule has 1 atom stereocenters. The van der Waals surface area contributed by atoms with E-state index in [2.05, 4.69) is 61.4 Å². The number of ether oxygens (including phenoxy) is 1. The monoisotopic (exact) mass is 320 g/mol. The summed E-state index contributed by atoms with van der Waals surface area (Å²) < 4.78 is 5.47. The van der Waals surface area contributed by atoms with Crippen molar-refractivity contribution in [1.82, 2.24) is 10.3 Å². The number of fused-ring (bicyclic) bond motifs is 3. The van der Waals surface area contributed by atoms with Crippen LogP contribution in [-0.4, -0.2) is 18.6 Å². The lowest BCUT2D eigenvalue weighted by Gasteiger charge is -2.27. The van der Waals surface area contributed by atoms with Gasteiger partial charge in [0.2, 0.25) is 0 Å². The van der Waals surface area contributed by atoms with Crippen LogP contribution in [0.3, 0.4) is 0 Å². The van der Waals surface area contributed by atoms with Crippen LogP contribution in [-0.2, 0) is 6.42 Å². The predicted molar refractivity (Wildman–Crippen MR) is 99.1 cm³/mol. The highest BCUT2D eigenvalue weighted by molar-refractivity contribution is 5.86. The van der Waals surface area contributed by atoms with Crippen molar-refractivity contribution in [2.24, 2.45) is 0 Å². The molecule has 0 radical (unpaired) electrons. The molecule has 2 aromatic carbocycles. The topological polar surface area (TPSA) is 37.0 Å². The van der Waals surface area contributed by atoms with E-state index in [0.717, 1.165) is 18.7 Å². The van der Waals surface area contributed by atoms with Gasteiger partial charge in [-0.1, -0.05) is 17.7 Å². The van der Waals surface area contributed by atoms with Crippen LogP contribution in [0.4, 0.5) is 0 Å². The third kappa shape index (κ3) is 2.23. The number of methoxy groups -OCH3 is 1. The summed E-state index contributed by atoms with van der Waals surface area (Å²) in [6, 6.07) is 11.2. The smallest absolute Gasteiger partial charge is 0.122 e. The quantitative estimate of drug-likeness (QED) is 0.737. The standard InChI is InChI=1S/C21H24N2O/c1-12-5-7-18-17(11-12)16-9-10-22-20(21(16)23-18)15-6-8-19(24-4)14(3)13(15)2/h5-8,11,20,22-23H,9-10H2,1-4H3. The maximum absolute atomic E-state index is 5.47. The van der Waals surface area contributed by atoms with Gasteiger partial charge in [-0.25, -0.2) is 0 Å². The van der Waals surface area contributed by atoms with Gasteiger partial charge in [-0.15, -0.1) is 0 Å². The molecule has 2 N–H and O–H groups in total. The fourth-order valence-electron chi connectivity index (χ4n) is 3.96. The Morgan fingerprint density at radius 3 is 2.67 bits per heavy atom. The molecule has 24 heavy (non-hydrogen) atoms. The number of aromatic nitrogens is 1. The second-order valence-electron chi connectivity index (χ2n) is 6.81. The first-order valence-corrected chi connectivity index (χ1v) is 8.58. The molecule has 0 saturated carbocycles. The van der Waals surface area contributed by atoms with E-state index in [0.29, 0.717) is 0 Å². The lowest BCUT2D eigenvalue weighted by molar-refractivity contribution is 0.410. The van der Waals surface area contributed by atoms with E-state index in [4.69, 9.17) is 4.74 Å². The normalized spacial score (nSPS) is 17.1. The average Bonchev–Trinajstić information content (AvgIpc) is 2.95. The molecular formula is C21H24N2O. The summed E-state index contributed by atoms with van der Waals surface area (Å²) in [5, 5.41) is 5.08. The highest BCUT2D eigenvalue weighted by atomic mass is 16.5. The molecule has 3 aromatic rings. The van der Waals surface area contributed by atoms with Crippen molar-refractivity contribution in [2.75, 3.05) is 13.7 Å². The van der Waals surface area contributed by atoms with Gasteiger partial charge in [-0.2, -0.15) is 0 Å². The third-order valence-corrected chi connectivity index (χ3v) is 5.42. The molecule has 0 saturated heterocycles. The second-order valence-corrected chi connectivity index (χ2v) is 6.81. The van der Waals surface area contributed by atoms with Crippen molar-refractivity contribution in [1.29, 1.82) is 0 Å². The van der Waals surface area contributed by atoms with E-state index in [9.17, 15) is 0 Å². The van der Waals surface area contributed by atoms with E-state index in [1.807, 2.05) is 0 Å². The minimum atomic E-state index is 0.214. The van der Waals surface area contributed by atoms with Gasteiger partial charge in [0.25, 0.3) is 0 Å². The largest absolute Gasteiger partial charge is 0.496 e. The molecule has 3 nitrogen and oxygen atoms in total. The predicted octanol–water partition coefficient (Wildman–Crippen LogP) is 4.34. The Kier molecular flexibility index (Phi) is 3.61. The molecule has 1 unspecified atom stereocenters. The fraction of sp³-hybridized carbons (Fsp3) is 0.333. The number of hydrogen-bond donors (Lipinski definition) is 2. The number of rotatable bonds is 2. The van der Waals surface area contributed by atoms with E-state index in [1.165, 1.54) is 44.4 Å². The number of H-pyrrole nitrogens is 1. The Balaban J connectivity index is 1.88. The Morgan fingerprint density at radius 2 is 1.88 bits per heavy atom. The number of aromatic amines is 1. The van der Waals surface area contributed by atoms with Crippen LogP contribution in [0.2, 0.25) is 0 Å². The van der Waals surface area contributed by atoms with Crippen molar-refractivity contribution in [3.63, 3.8) is 0 Å². The molecule has 2 heterocycles. The molecular weight excluding hydrogens is 296 g/mol. The maximum Gasteiger partial charge on any atom is 0.122 e. The lowest BCUT2D eigenvalue weighted by atomic mass is 9.90. The van der Waals surface area contributed by atoms with E-state index in [1.54, 1.807) is 7.11 Å². The van der Waals surface area contributed by atoms with E-state index in [-0.39, 0.29) is 6.04 Å². The SMILES string of the molecule is COc1ccc(C2NCCc3c2[nH]c2ccc(C)cc32)c(C)c1C. The number of hydrogen-bond acceptors (Lipinski definition) is 2. The summed E-state index contributed by atoms with van der Waals surface area (Å²) in [7, 11) is 1.73. The molecule has 3 heteroatoms. The van der Waals surface area contributed by atoms with E-state index < -0.39 is 0 Å². The molecule has 0 amide bonds. The van der Waals surface area contributed by atoms with Gasteiger partial charge in [0.15, 0.2) is 0 Å². The summed E-state index contributed by atoms with van der Waals surface area (Å²) in [6.45, 7) is 7.49. The first kappa shape index (κ1) is 15.3. The third-order valence-electron chi connectivity index (χ3n) is 5.42. The summed E-state index contributed by atoms with van der Waals surface area (Å²) >= 11 is 0. The molecule has 124 valence electrons. The molecule has 0 spiro atoms. The summed E-state index contributed by atoms with van der Waals surface area (Å²) in [5.74, 6) is 0.958. The van der Waals surface area contributed by atoms with Gasteiger partial charge in [0.1, 0.15) is 5.75 Å². The van der Waals surface area contributed by atoms with Crippen LogP contribution in [0.5, 0.6) is 5.75 Å². The minimum Gasteiger partial charge on any atom is -0.496 e.